The van der Waals surface area contributed by atoms with Gasteiger partial charge in [0.2, 0.25) is 5.91 Å². The topological polar surface area (TPSA) is 93.5 Å². The van der Waals surface area contributed by atoms with E-state index in [1.165, 1.54) is 22.6 Å². The molecule has 0 aliphatic carbocycles. The third-order valence-corrected chi connectivity index (χ3v) is 7.07. The van der Waals surface area contributed by atoms with Crippen LogP contribution in [-0.4, -0.2) is 54.1 Å². The van der Waals surface area contributed by atoms with Gasteiger partial charge in [0.25, 0.3) is 10.0 Å². The maximum absolute atomic E-state index is 12.8. The maximum Gasteiger partial charge on any atom is 0.422 e. The second-order valence-electron chi connectivity index (χ2n) is 7.81. The minimum atomic E-state index is -4.50. The molecule has 1 N–H and O–H groups in total. The first-order chi connectivity index (χ1) is 14.9. The fraction of sp³-hybridized carbons (Fsp3) is 0.500. The van der Waals surface area contributed by atoms with E-state index in [1.807, 2.05) is 0 Å². The van der Waals surface area contributed by atoms with Gasteiger partial charge < -0.3 is 14.6 Å². The van der Waals surface area contributed by atoms with Crippen LogP contribution in [0.4, 0.5) is 18.9 Å². The predicted molar refractivity (Wildman–Crippen MR) is 111 cm³/mol. The molecule has 32 heavy (non-hydrogen) atoms. The highest BCUT2D eigenvalue weighted by Gasteiger charge is 2.34. The van der Waals surface area contributed by atoms with E-state index in [0.717, 1.165) is 0 Å². The number of aromatic nitrogens is 2. The van der Waals surface area contributed by atoms with Gasteiger partial charge in [0, 0.05) is 32.3 Å². The molecule has 176 valence electrons. The summed E-state index contributed by atoms with van der Waals surface area (Å²) in [4.78, 5) is 16.8. The van der Waals surface area contributed by atoms with Gasteiger partial charge >= 0.3 is 6.18 Å². The summed E-state index contributed by atoms with van der Waals surface area (Å²) in [7, 11) is -2.06. The summed E-state index contributed by atoms with van der Waals surface area (Å²) in [6.07, 6.45) is -2.50. The number of rotatable bonds is 6. The highest BCUT2D eigenvalue weighted by atomic mass is 32.2. The summed E-state index contributed by atoms with van der Waals surface area (Å²) in [6, 6.07) is 4.56. The summed E-state index contributed by atoms with van der Waals surface area (Å²) in [5.41, 5.74) is 0.826. The fourth-order valence-electron chi connectivity index (χ4n) is 3.39. The van der Waals surface area contributed by atoms with Crippen LogP contribution in [-0.2, 0) is 21.9 Å². The Labute approximate surface area is 184 Å². The molecule has 2 heterocycles. The average Bonchev–Trinajstić information content (AvgIpc) is 3.07. The first-order valence-corrected chi connectivity index (χ1v) is 11.4. The first kappa shape index (κ1) is 24.1. The molecule has 0 spiro atoms. The SMILES string of the molecule is Cc1ccc(NC(=O)C2CCN(S(=O)(=O)c3cn(C)c(C)n3)CC2)c(OCC(F)(F)F)c1. The van der Waals surface area contributed by atoms with Gasteiger partial charge in [0.1, 0.15) is 11.6 Å². The lowest BCUT2D eigenvalue weighted by molar-refractivity contribution is -0.153. The largest absolute Gasteiger partial charge is 0.482 e. The van der Waals surface area contributed by atoms with Gasteiger partial charge in [-0.3, -0.25) is 4.79 Å². The normalized spacial score (nSPS) is 16.2. The monoisotopic (exact) mass is 474 g/mol. The molecule has 12 heteroatoms. The lowest BCUT2D eigenvalue weighted by Gasteiger charge is -2.30. The van der Waals surface area contributed by atoms with E-state index < -0.39 is 34.6 Å². The number of piperidine rings is 1. The van der Waals surface area contributed by atoms with Crippen LogP contribution in [0.2, 0.25) is 0 Å². The number of amides is 1. The minimum absolute atomic E-state index is 0.0356. The van der Waals surface area contributed by atoms with Crippen LogP contribution in [0.1, 0.15) is 24.2 Å². The zero-order valence-corrected chi connectivity index (χ0v) is 18.8. The van der Waals surface area contributed by atoms with E-state index in [2.05, 4.69) is 10.3 Å². The molecule has 0 radical (unpaired) electrons. The van der Waals surface area contributed by atoms with Gasteiger partial charge in [-0.1, -0.05) is 6.07 Å². The number of nitrogens with one attached hydrogen (secondary N) is 1. The number of sulfonamides is 1. The molecule has 1 amide bonds. The van der Waals surface area contributed by atoms with Crippen molar-refractivity contribution in [3.8, 4) is 5.75 Å². The van der Waals surface area contributed by atoms with Crippen LogP contribution < -0.4 is 10.1 Å². The lowest BCUT2D eigenvalue weighted by Crippen LogP contribution is -2.41. The smallest absolute Gasteiger partial charge is 0.422 e. The highest BCUT2D eigenvalue weighted by Crippen LogP contribution is 2.30. The summed E-state index contributed by atoms with van der Waals surface area (Å²) in [6.45, 7) is 2.21. The number of aryl methyl sites for hydroxylation is 3. The zero-order valence-electron chi connectivity index (χ0n) is 17.9. The Morgan fingerprint density at radius 1 is 1.25 bits per heavy atom. The average molecular weight is 475 g/mol. The van der Waals surface area contributed by atoms with Crippen LogP contribution in [0.15, 0.2) is 29.4 Å². The number of hydrogen-bond acceptors (Lipinski definition) is 5. The Kier molecular flexibility index (Phi) is 6.84. The van der Waals surface area contributed by atoms with Gasteiger partial charge in [-0.05, 0) is 44.4 Å². The van der Waals surface area contributed by atoms with E-state index in [1.54, 1.807) is 31.5 Å². The molecule has 1 aliphatic heterocycles. The van der Waals surface area contributed by atoms with Crippen LogP contribution in [0, 0.1) is 19.8 Å². The summed E-state index contributed by atoms with van der Waals surface area (Å²) in [5.74, 6) is -0.374. The Balaban J connectivity index is 1.64. The van der Waals surface area contributed by atoms with Crippen molar-refractivity contribution in [1.29, 1.82) is 0 Å². The Morgan fingerprint density at radius 2 is 1.91 bits per heavy atom. The number of carbonyl (C=O) groups is 1. The van der Waals surface area contributed by atoms with Crippen molar-refractivity contribution in [3.63, 3.8) is 0 Å². The van der Waals surface area contributed by atoms with Crippen LogP contribution in [0.25, 0.3) is 0 Å². The molecule has 0 atom stereocenters. The third-order valence-electron chi connectivity index (χ3n) is 5.30. The van der Waals surface area contributed by atoms with Crippen molar-refractivity contribution in [2.75, 3.05) is 25.0 Å². The molecule has 0 saturated carbocycles. The molecule has 2 aromatic rings. The Hall–Kier alpha value is -2.60. The lowest BCUT2D eigenvalue weighted by atomic mass is 9.97. The van der Waals surface area contributed by atoms with E-state index in [4.69, 9.17) is 4.74 Å². The summed E-state index contributed by atoms with van der Waals surface area (Å²) in [5, 5.41) is 2.59. The number of carbonyl (C=O) groups excluding carboxylic acids is 1. The van der Waals surface area contributed by atoms with Crippen LogP contribution in [0.5, 0.6) is 5.75 Å². The predicted octanol–water partition coefficient (Wildman–Crippen LogP) is 3.02. The molecule has 0 bridgehead atoms. The molecule has 1 saturated heterocycles. The van der Waals surface area contributed by atoms with Gasteiger partial charge in [0.05, 0.1) is 5.69 Å². The third kappa shape index (κ3) is 5.60. The molecule has 0 unspecified atom stereocenters. The summed E-state index contributed by atoms with van der Waals surface area (Å²) < 4.78 is 71.0. The van der Waals surface area contributed by atoms with Gasteiger partial charge in [-0.15, -0.1) is 0 Å². The number of imidazole rings is 1. The first-order valence-electron chi connectivity index (χ1n) is 9.98. The van der Waals surface area contributed by atoms with E-state index in [-0.39, 0.29) is 42.4 Å². The Bertz CT molecular complexity index is 1070. The zero-order chi connectivity index (χ0) is 23.7. The van der Waals surface area contributed by atoms with Crippen molar-refractivity contribution in [2.45, 2.75) is 37.9 Å². The van der Waals surface area contributed by atoms with Crippen LogP contribution >= 0.6 is 0 Å². The Morgan fingerprint density at radius 3 is 2.47 bits per heavy atom. The molecular weight excluding hydrogens is 449 g/mol. The van der Waals surface area contributed by atoms with Crippen molar-refractivity contribution >= 4 is 21.6 Å². The van der Waals surface area contributed by atoms with Crippen LogP contribution in [0.3, 0.4) is 0 Å². The van der Waals surface area contributed by atoms with E-state index in [9.17, 15) is 26.4 Å². The number of hydrogen-bond donors (Lipinski definition) is 1. The highest BCUT2D eigenvalue weighted by molar-refractivity contribution is 7.89. The fourth-order valence-corrected chi connectivity index (χ4v) is 4.88. The van der Waals surface area contributed by atoms with Crippen molar-refractivity contribution in [1.82, 2.24) is 13.9 Å². The van der Waals surface area contributed by atoms with Crippen molar-refractivity contribution in [2.24, 2.45) is 13.0 Å². The quantitative estimate of drug-likeness (QED) is 0.695. The minimum Gasteiger partial charge on any atom is -0.482 e. The molecule has 8 nitrogen and oxygen atoms in total. The van der Waals surface area contributed by atoms with E-state index >= 15 is 0 Å². The second-order valence-corrected chi connectivity index (χ2v) is 9.69. The molecule has 1 aromatic carbocycles. The second kappa shape index (κ2) is 9.10. The molecular formula is C20H25F3N4O4S. The standard InChI is InChI=1S/C20H25F3N4O4S/c1-13-4-5-16(17(10-13)31-12-20(21,22)23)25-19(28)15-6-8-27(9-7-15)32(29,30)18-11-26(3)14(2)24-18/h4-5,10-11,15H,6-9,12H2,1-3H3,(H,25,28). The summed E-state index contributed by atoms with van der Waals surface area (Å²) >= 11 is 0. The van der Waals surface area contributed by atoms with Gasteiger partial charge in [-0.2, -0.15) is 17.5 Å². The molecule has 3 rings (SSSR count). The van der Waals surface area contributed by atoms with Gasteiger partial charge in [-0.25, -0.2) is 13.4 Å². The molecule has 1 fully saturated rings. The number of benzene rings is 1. The maximum atomic E-state index is 12.8. The van der Waals surface area contributed by atoms with Crippen molar-refractivity contribution < 1.29 is 31.1 Å². The number of nitrogens with zero attached hydrogens (tertiary/aromatic N) is 3. The van der Waals surface area contributed by atoms with Gasteiger partial charge in [0.15, 0.2) is 11.6 Å². The number of anilines is 1. The van der Waals surface area contributed by atoms with Crippen molar-refractivity contribution in [3.05, 3.63) is 35.8 Å². The number of ether oxygens (including phenoxy) is 1. The molecule has 1 aliphatic rings. The molecule has 1 aromatic heterocycles. The number of halogens is 3. The van der Waals surface area contributed by atoms with E-state index in [0.29, 0.717) is 11.4 Å². The number of alkyl halides is 3.